The first-order chi connectivity index (χ1) is 9.98. The molecule has 0 aliphatic rings. The van der Waals surface area contributed by atoms with Crippen LogP contribution in [0.5, 0.6) is 0 Å². The van der Waals surface area contributed by atoms with Crippen LogP contribution in [0.3, 0.4) is 0 Å². The molecule has 2 aromatic carbocycles. The number of amides is 1. The van der Waals surface area contributed by atoms with Gasteiger partial charge in [0.1, 0.15) is 5.54 Å². The van der Waals surface area contributed by atoms with E-state index in [0.717, 1.165) is 15.7 Å². The Balaban J connectivity index is 2.46. The molecule has 0 aromatic heterocycles. The van der Waals surface area contributed by atoms with E-state index in [4.69, 9.17) is 17.3 Å². The molecule has 0 aliphatic carbocycles. The minimum absolute atomic E-state index is 0.418. The maximum absolute atomic E-state index is 12.2. The topological polar surface area (TPSA) is 55.1 Å². The molecule has 5 heteroatoms. The van der Waals surface area contributed by atoms with Crippen LogP contribution >= 0.6 is 27.5 Å². The van der Waals surface area contributed by atoms with Crippen molar-refractivity contribution >= 4 is 39.1 Å². The fourth-order valence-electron chi connectivity index (χ4n) is 2.28. The van der Waals surface area contributed by atoms with Gasteiger partial charge in [-0.3, -0.25) is 4.79 Å². The summed E-state index contributed by atoms with van der Waals surface area (Å²) in [6.07, 6.45) is 0.529. The Morgan fingerprint density at radius 3 is 2.48 bits per heavy atom. The first-order valence-electron chi connectivity index (χ1n) is 6.57. The molecule has 21 heavy (non-hydrogen) atoms. The van der Waals surface area contributed by atoms with Gasteiger partial charge in [-0.2, -0.15) is 0 Å². The van der Waals surface area contributed by atoms with Crippen LogP contribution in [0, 0.1) is 0 Å². The lowest BCUT2D eigenvalue weighted by Crippen LogP contribution is -2.47. The summed E-state index contributed by atoms with van der Waals surface area (Å²) >= 11 is 9.32. The molecule has 0 aliphatic heterocycles. The minimum atomic E-state index is -0.961. The van der Waals surface area contributed by atoms with Gasteiger partial charge in [-0.15, -0.1) is 0 Å². The minimum Gasteiger partial charge on any atom is -0.368 e. The molecule has 0 bridgehead atoms. The number of nitrogens with two attached hydrogens (primary N) is 1. The summed E-state index contributed by atoms with van der Waals surface area (Å²) in [5.74, 6) is -0.418. The van der Waals surface area contributed by atoms with Crippen molar-refractivity contribution in [3.8, 4) is 0 Å². The van der Waals surface area contributed by atoms with Gasteiger partial charge >= 0.3 is 0 Å². The van der Waals surface area contributed by atoms with Crippen molar-refractivity contribution < 1.29 is 4.79 Å². The van der Waals surface area contributed by atoms with Crippen LogP contribution in [0.4, 0.5) is 5.69 Å². The number of rotatable bonds is 5. The van der Waals surface area contributed by atoms with Gasteiger partial charge in [0.25, 0.3) is 0 Å². The number of halogens is 2. The van der Waals surface area contributed by atoms with E-state index < -0.39 is 11.4 Å². The van der Waals surface area contributed by atoms with E-state index in [1.54, 1.807) is 12.1 Å². The maximum Gasteiger partial charge on any atom is 0.247 e. The molecule has 3 nitrogen and oxygen atoms in total. The third-order valence-corrected chi connectivity index (χ3v) is 4.22. The Bertz CT molecular complexity index is 645. The highest BCUT2D eigenvalue weighted by Gasteiger charge is 2.36. The molecule has 110 valence electrons. The van der Waals surface area contributed by atoms with E-state index >= 15 is 0 Å². The molecule has 0 radical (unpaired) electrons. The first-order valence-corrected chi connectivity index (χ1v) is 7.75. The summed E-state index contributed by atoms with van der Waals surface area (Å²) in [5, 5.41) is 3.90. The Morgan fingerprint density at radius 1 is 1.29 bits per heavy atom. The smallest absolute Gasteiger partial charge is 0.247 e. The van der Waals surface area contributed by atoms with Crippen molar-refractivity contribution in [2.75, 3.05) is 5.32 Å². The third-order valence-electron chi connectivity index (χ3n) is 3.47. The zero-order valence-electron chi connectivity index (χ0n) is 11.6. The normalized spacial score (nSPS) is 13.5. The summed E-state index contributed by atoms with van der Waals surface area (Å²) in [7, 11) is 0. The number of carbonyl (C=O) groups is 1. The average Bonchev–Trinajstić information content (AvgIpc) is 2.46. The van der Waals surface area contributed by atoms with Crippen molar-refractivity contribution in [2.45, 2.75) is 18.9 Å². The second-order valence-corrected chi connectivity index (χ2v) is 6.12. The van der Waals surface area contributed by atoms with Crippen LogP contribution in [-0.4, -0.2) is 5.91 Å². The maximum atomic E-state index is 12.2. The molecule has 3 N–H and O–H groups in total. The molecule has 1 amide bonds. The Hall–Kier alpha value is -1.52. The fraction of sp³-hybridized carbons (Fsp3) is 0.188. The third kappa shape index (κ3) is 3.39. The summed E-state index contributed by atoms with van der Waals surface area (Å²) in [6.45, 7) is 1.93. The van der Waals surface area contributed by atoms with Gasteiger partial charge in [-0.25, -0.2) is 0 Å². The molecular weight excluding hydrogens is 352 g/mol. The number of hydrogen-bond acceptors (Lipinski definition) is 2. The molecular formula is C16H16BrClN2O. The van der Waals surface area contributed by atoms with Gasteiger partial charge in [0.2, 0.25) is 5.91 Å². The predicted molar refractivity (Wildman–Crippen MR) is 90.4 cm³/mol. The van der Waals surface area contributed by atoms with Crippen LogP contribution in [0.1, 0.15) is 18.9 Å². The van der Waals surface area contributed by atoms with Crippen molar-refractivity contribution in [1.29, 1.82) is 0 Å². The number of anilines is 1. The molecule has 0 heterocycles. The van der Waals surface area contributed by atoms with Crippen molar-refractivity contribution in [2.24, 2.45) is 5.73 Å². The lowest BCUT2D eigenvalue weighted by molar-refractivity contribution is -0.122. The standard InChI is InChI=1S/C16H16BrClN2O/c1-2-16(15(19)21,11-4-3-5-12(17)10-11)20-14-8-6-13(18)7-9-14/h3-10,20H,2H2,1H3,(H2,19,21). The van der Waals surface area contributed by atoms with E-state index in [1.807, 2.05) is 43.3 Å². The van der Waals surface area contributed by atoms with Gasteiger partial charge in [0.05, 0.1) is 0 Å². The summed E-state index contributed by atoms with van der Waals surface area (Å²) in [5.41, 5.74) is 6.35. The Morgan fingerprint density at radius 2 is 1.95 bits per heavy atom. The number of hydrogen-bond donors (Lipinski definition) is 2. The van der Waals surface area contributed by atoms with Crippen LogP contribution in [0.2, 0.25) is 5.02 Å². The highest BCUT2D eigenvalue weighted by molar-refractivity contribution is 9.10. The zero-order valence-corrected chi connectivity index (χ0v) is 13.9. The summed E-state index contributed by atoms with van der Waals surface area (Å²) in [6, 6.07) is 14.8. The molecule has 0 saturated carbocycles. The SMILES string of the molecule is CCC(Nc1ccc(Cl)cc1)(C(N)=O)c1cccc(Br)c1. The molecule has 0 saturated heterocycles. The number of benzene rings is 2. The zero-order chi connectivity index (χ0) is 15.5. The number of primary amides is 1. The molecule has 1 unspecified atom stereocenters. The van der Waals surface area contributed by atoms with E-state index in [0.29, 0.717) is 11.4 Å². The van der Waals surface area contributed by atoms with Crippen molar-refractivity contribution in [1.82, 2.24) is 0 Å². The summed E-state index contributed by atoms with van der Waals surface area (Å²) < 4.78 is 0.900. The van der Waals surface area contributed by atoms with Gasteiger partial charge in [0, 0.05) is 15.2 Å². The summed E-state index contributed by atoms with van der Waals surface area (Å²) in [4.78, 5) is 12.2. The van der Waals surface area contributed by atoms with E-state index in [9.17, 15) is 4.79 Å². The Labute approximate surface area is 137 Å². The van der Waals surface area contributed by atoms with Crippen molar-refractivity contribution in [3.63, 3.8) is 0 Å². The lowest BCUT2D eigenvalue weighted by atomic mass is 9.86. The van der Waals surface area contributed by atoms with Crippen LogP contribution in [-0.2, 0) is 10.3 Å². The van der Waals surface area contributed by atoms with Crippen LogP contribution < -0.4 is 11.1 Å². The van der Waals surface area contributed by atoms with E-state index in [-0.39, 0.29) is 0 Å². The van der Waals surface area contributed by atoms with Gasteiger partial charge in [-0.05, 0) is 48.4 Å². The highest BCUT2D eigenvalue weighted by Crippen LogP contribution is 2.31. The van der Waals surface area contributed by atoms with Gasteiger partial charge < -0.3 is 11.1 Å². The fourth-order valence-corrected chi connectivity index (χ4v) is 2.80. The second kappa shape index (κ2) is 6.50. The number of nitrogens with one attached hydrogen (secondary N) is 1. The van der Waals surface area contributed by atoms with Gasteiger partial charge in [0.15, 0.2) is 0 Å². The van der Waals surface area contributed by atoms with Gasteiger partial charge in [-0.1, -0.05) is 46.6 Å². The predicted octanol–water partition coefficient (Wildman–Crippen LogP) is 4.31. The van der Waals surface area contributed by atoms with E-state index in [1.165, 1.54) is 0 Å². The average molecular weight is 368 g/mol. The molecule has 2 aromatic rings. The second-order valence-electron chi connectivity index (χ2n) is 4.77. The Kier molecular flexibility index (Phi) is 4.91. The van der Waals surface area contributed by atoms with Crippen LogP contribution in [0.15, 0.2) is 53.0 Å². The quantitative estimate of drug-likeness (QED) is 0.827. The first kappa shape index (κ1) is 15.9. The molecule has 0 spiro atoms. The lowest BCUT2D eigenvalue weighted by Gasteiger charge is -2.32. The highest BCUT2D eigenvalue weighted by atomic mass is 79.9. The van der Waals surface area contributed by atoms with Crippen molar-refractivity contribution in [3.05, 3.63) is 63.6 Å². The number of carbonyl (C=O) groups excluding carboxylic acids is 1. The van der Waals surface area contributed by atoms with Crippen LogP contribution in [0.25, 0.3) is 0 Å². The largest absolute Gasteiger partial charge is 0.368 e. The molecule has 2 rings (SSSR count). The molecule has 0 fully saturated rings. The molecule has 1 atom stereocenters. The van der Waals surface area contributed by atoms with E-state index in [2.05, 4.69) is 21.2 Å². The monoisotopic (exact) mass is 366 g/mol.